The highest BCUT2D eigenvalue weighted by Gasteiger charge is 2.15. The zero-order chi connectivity index (χ0) is 17.6. The molecule has 0 spiro atoms. The molecule has 0 aliphatic carbocycles. The Labute approximate surface area is 138 Å². The van der Waals surface area contributed by atoms with Crippen molar-refractivity contribution in [2.45, 2.75) is 11.5 Å². The molecule has 0 amide bonds. The molecule has 0 aliphatic heterocycles. The molecule has 0 saturated carbocycles. The number of hydrogen-bond acceptors (Lipinski definition) is 6. The smallest absolute Gasteiger partial charge is 0.321 e. The molecule has 2 aromatic carbocycles. The first-order chi connectivity index (χ1) is 11.4. The SMILES string of the molecule is O=C(CNS(=O)(=O)c1ccccc1)OCc1ccc([N+](=O)[O-])cc1. The van der Waals surface area contributed by atoms with E-state index in [9.17, 15) is 23.3 Å². The van der Waals surface area contributed by atoms with Gasteiger partial charge >= 0.3 is 5.97 Å². The van der Waals surface area contributed by atoms with Crippen LogP contribution in [-0.2, 0) is 26.2 Å². The van der Waals surface area contributed by atoms with Gasteiger partial charge in [0.2, 0.25) is 10.0 Å². The van der Waals surface area contributed by atoms with Gasteiger partial charge in [-0.15, -0.1) is 0 Å². The maximum Gasteiger partial charge on any atom is 0.321 e. The van der Waals surface area contributed by atoms with Crippen molar-refractivity contribution in [1.29, 1.82) is 0 Å². The van der Waals surface area contributed by atoms with E-state index < -0.39 is 27.5 Å². The molecule has 0 fully saturated rings. The summed E-state index contributed by atoms with van der Waals surface area (Å²) in [6.07, 6.45) is 0. The van der Waals surface area contributed by atoms with Gasteiger partial charge in [-0.3, -0.25) is 14.9 Å². The van der Waals surface area contributed by atoms with E-state index in [1.165, 1.54) is 36.4 Å². The summed E-state index contributed by atoms with van der Waals surface area (Å²) in [4.78, 5) is 21.7. The number of ether oxygens (including phenoxy) is 1. The molecule has 9 heteroatoms. The van der Waals surface area contributed by atoms with Crippen molar-refractivity contribution >= 4 is 21.7 Å². The van der Waals surface area contributed by atoms with Crippen molar-refractivity contribution in [2.75, 3.05) is 6.54 Å². The van der Waals surface area contributed by atoms with Crippen LogP contribution in [0.4, 0.5) is 5.69 Å². The standard InChI is InChI=1S/C15H14N2O6S/c18-15(10-16-24(21,22)14-4-2-1-3-5-14)23-11-12-6-8-13(9-7-12)17(19)20/h1-9,16H,10-11H2. The maximum atomic E-state index is 11.9. The van der Waals surface area contributed by atoms with Crippen molar-refractivity contribution in [1.82, 2.24) is 4.72 Å². The molecule has 8 nitrogen and oxygen atoms in total. The van der Waals surface area contributed by atoms with Gasteiger partial charge in [0.1, 0.15) is 13.2 Å². The van der Waals surface area contributed by atoms with Gasteiger partial charge in [-0.1, -0.05) is 18.2 Å². The summed E-state index contributed by atoms with van der Waals surface area (Å²) in [5, 5.41) is 10.5. The van der Waals surface area contributed by atoms with E-state index in [2.05, 4.69) is 4.72 Å². The lowest BCUT2D eigenvalue weighted by Gasteiger charge is -2.07. The maximum absolute atomic E-state index is 11.9. The van der Waals surface area contributed by atoms with Gasteiger partial charge in [0.25, 0.3) is 5.69 Å². The predicted molar refractivity (Wildman–Crippen MR) is 84.5 cm³/mol. The Balaban J connectivity index is 1.84. The molecule has 0 atom stereocenters. The van der Waals surface area contributed by atoms with Crippen molar-refractivity contribution < 1.29 is 22.9 Å². The number of nitrogens with zero attached hydrogens (tertiary/aromatic N) is 1. The monoisotopic (exact) mass is 350 g/mol. The second-order valence-corrected chi connectivity index (χ2v) is 6.49. The average molecular weight is 350 g/mol. The minimum absolute atomic E-state index is 0.0492. The first-order valence-electron chi connectivity index (χ1n) is 6.82. The van der Waals surface area contributed by atoms with E-state index in [1.807, 2.05) is 0 Å². The van der Waals surface area contributed by atoms with Gasteiger partial charge in [0, 0.05) is 12.1 Å². The zero-order valence-corrected chi connectivity index (χ0v) is 13.2. The lowest BCUT2D eigenvalue weighted by molar-refractivity contribution is -0.384. The molecular weight excluding hydrogens is 336 g/mol. The van der Waals surface area contributed by atoms with Crippen LogP contribution in [0.3, 0.4) is 0 Å². The zero-order valence-electron chi connectivity index (χ0n) is 12.4. The van der Waals surface area contributed by atoms with E-state index in [-0.39, 0.29) is 17.2 Å². The van der Waals surface area contributed by atoms with E-state index in [1.54, 1.807) is 18.2 Å². The molecule has 1 N–H and O–H groups in total. The molecule has 126 valence electrons. The highest BCUT2D eigenvalue weighted by Crippen LogP contribution is 2.12. The Hall–Kier alpha value is -2.78. The van der Waals surface area contributed by atoms with Crippen molar-refractivity contribution in [3.63, 3.8) is 0 Å². The first kappa shape index (κ1) is 17.6. The third-order valence-electron chi connectivity index (χ3n) is 3.01. The molecular formula is C15H14N2O6S. The molecule has 0 heterocycles. The third kappa shape index (κ3) is 4.86. The van der Waals surface area contributed by atoms with Crippen molar-refractivity contribution in [3.05, 3.63) is 70.3 Å². The third-order valence-corrected chi connectivity index (χ3v) is 4.42. The van der Waals surface area contributed by atoms with Gasteiger partial charge in [0.05, 0.1) is 9.82 Å². The van der Waals surface area contributed by atoms with Crippen LogP contribution < -0.4 is 4.72 Å². The number of sulfonamides is 1. The van der Waals surface area contributed by atoms with Crippen LogP contribution in [0.25, 0.3) is 0 Å². The number of nitro benzene ring substituents is 1. The van der Waals surface area contributed by atoms with E-state index in [4.69, 9.17) is 4.74 Å². The van der Waals surface area contributed by atoms with Gasteiger partial charge in [-0.2, -0.15) is 4.72 Å². The molecule has 0 radical (unpaired) electrons. The summed E-state index contributed by atoms with van der Waals surface area (Å²) in [5.74, 6) is -0.757. The van der Waals surface area contributed by atoms with Gasteiger partial charge in [0.15, 0.2) is 0 Å². The van der Waals surface area contributed by atoms with Crippen LogP contribution in [0.1, 0.15) is 5.56 Å². The summed E-state index contributed by atoms with van der Waals surface area (Å²) in [6, 6.07) is 13.1. The Morgan fingerprint density at radius 1 is 1.08 bits per heavy atom. The highest BCUT2D eigenvalue weighted by atomic mass is 32.2. The lowest BCUT2D eigenvalue weighted by atomic mass is 10.2. The van der Waals surface area contributed by atoms with Crippen LogP contribution in [0.2, 0.25) is 0 Å². The fraction of sp³-hybridized carbons (Fsp3) is 0.133. The largest absolute Gasteiger partial charge is 0.460 e. The minimum atomic E-state index is -3.78. The fourth-order valence-electron chi connectivity index (χ4n) is 1.77. The average Bonchev–Trinajstić information content (AvgIpc) is 2.59. The van der Waals surface area contributed by atoms with Crippen molar-refractivity contribution in [2.24, 2.45) is 0 Å². The van der Waals surface area contributed by atoms with E-state index >= 15 is 0 Å². The number of rotatable bonds is 7. The van der Waals surface area contributed by atoms with E-state index in [0.717, 1.165) is 0 Å². The highest BCUT2D eigenvalue weighted by molar-refractivity contribution is 7.89. The first-order valence-corrected chi connectivity index (χ1v) is 8.30. The Kier molecular flexibility index (Phi) is 5.61. The number of non-ortho nitro benzene ring substituents is 1. The minimum Gasteiger partial charge on any atom is -0.460 e. The Morgan fingerprint density at radius 2 is 1.71 bits per heavy atom. The number of benzene rings is 2. The number of nitrogens with one attached hydrogen (secondary N) is 1. The van der Waals surface area contributed by atoms with Crippen molar-refractivity contribution in [3.8, 4) is 0 Å². The summed E-state index contributed by atoms with van der Waals surface area (Å²) < 4.78 is 30.9. The van der Waals surface area contributed by atoms with E-state index in [0.29, 0.717) is 5.56 Å². The molecule has 0 unspecified atom stereocenters. The number of carbonyl (C=O) groups excluding carboxylic acids is 1. The van der Waals surface area contributed by atoms with Gasteiger partial charge in [-0.05, 0) is 29.8 Å². The topological polar surface area (TPSA) is 116 Å². The Morgan fingerprint density at radius 3 is 2.29 bits per heavy atom. The van der Waals surface area contributed by atoms with Crippen LogP contribution >= 0.6 is 0 Å². The second-order valence-electron chi connectivity index (χ2n) is 4.72. The summed E-state index contributed by atoms with van der Waals surface area (Å²) in [6.45, 7) is -0.617. The molecule has 0 aliphatic rings. The predicted octanol–water partition coefficient (Wildman–Crippen LogP) is 1.62. The molecule has 24 heavy (non-hydrogen) atoms. The quantitative estimate of drug-likeness (QED) is 0.461. The molecule has 0 aromatic heterocycles. The second kappa shape index (κ2) is 7.66. The lowest BCUT2D eigenvalue weighted by Crippen LogP contribution is -2.30. The van der Waals surface area contributed by atoms with Crippen LogP contribution in [0, 0.1) is 10.1 Å². The van der Waals surface area contributed by atoms with Gasteiger partial charge < -0.3 is 4.74 Å². The molecule has 2 aromatic rings. The molecule has 0 saturated heterocycles. The number of hydrogen-bond donors (Lipinski definition) is 1. The molecule has 0 bridgehead atoms. The van der Waals surface area contributed by atoms with Gasteiger partial charge in [-0.25, -0.2) is 8.42 Å². The fourth-order valence-corrected chi connectivity index (χ4v) is 2.76. The Bertz CT molecular complexity index is 819. The van der Waals surface area contributed by atoms with Crippen LogP contribution in [0.5, 0.6) is 0 Å². The molecule has 2 rings (SSSR count). The van der Waals surface area contributed by atoms with Crippen LogP contribution in [0.15, 0.2) is 59.5 Å². The summed E-state index contributed by atoms with van der Waals surface area (Å²) in [5.41, 5.74) is 0.487. The number of esters is 1. The number of nitro groups is 1. The summed E-state index contributed by atoms with van der Waals surface area (Å²) >= 11 is 0. The number of carbonyl (C=O) groups is 1. The summed E-state index contributed by atoms with van der Waals surface area (Å²) in [7, 11) is -3.78. The normalized spacial score (nSPS) is 11.0. The van der Waals surface area contributed by atoms with Crippen LogP contribution in [-0.4, -0.2) is 25.9 Å².